The minimum atomic E-state index is -3.43. The summed E-state index contributed by atoms with van der Waals surface area (Å²) in [6.45, 7) is 2.44. The third-order valence-corrected chi connectivity index (χ3v) is 3.79. The fourth-order valence-electron chi connectivity index (χ4n) is 1.45. The van der Waals surface area contributed by atoms with Gasteiger partial charge in [0.2, 0.25) is 5.91 Å². The van der Waals surface area contributed by atoms with Crippen LogP contribution in [0.1, 0.15) is 6.92 Å². The van der Waals surface area contributed by atoms with E-state index in [4.69, 9.17) is 10.5 Å². The molecule has 0 atom stereocenters. The summed E-state index contributed by atoms with van der Waals surface area (Å²) in [4.78, 5) is 11.6. The molecule has 0 spiro atoms. The van der Waals surface area contributed by atoms with Crippen molar-refractivity contribution >= 4 is 21.4 Å². The Hall–Kier alpha value is -1.60. The molecule has 1 aromatic carbocycles. The van der Waals surface area contributed by atoms with Gasteiger partial charge < -0.3 is 15.8 Å². The third kappa shape index (κ3) is 5.71. The quantitative estimate of drug-likeness (QED) is 0.756. The molecule has 1 amide bonds. The van der Waals surface area contributed by atoms with E-state index >= 15 is 0 Å². The van der Waals surface area contributed by atoms with E-state index in [-0.39, 0.29) is 12.3 Å². The number of amides is 1. The van der Waals surface area contributed by atoms with Gasteiger partial charge in [-0.05, 0) is 31.2 Å². The Balaban J connectivity index is 2.57. The average Bonchev–Trinajstić information content (AvgIpc) is 2.31. The number of carbonyl (C=O) groups is 1. The fourth-order valence-corrected chi connectivity index (χ4v) is 2.42. The summed E-state index contributed by atoms with van der Waals surface area (Å²) >= 11 is 0. The van der Waals surface area contributed by atoms with Crippen LogP contribution in [0.3, 0.4) is 0 Å². The van der Waals surface area contributed by atoms with Gasteiger partial charge in [0.1, 0.15) is 11.5 Å². The summed E-state index contributed by atoms with van der Waals surface area (Å²) in [6, 6.07) is 6.71. The first-order valence-electron chi connectivity index (χ1n) is 5.90. The van der Waals surface area contributed by atoms with Crippen LogP contribution in [0, 0.1) is 0 Å². The van der Waals surface area contributed by atoms with Gasteiger partial charge in [-0.15, -0.1) is 0 Å². The van der Waals surface area contributed by atoms with Crippen molar-refractivity contribution in [3.05, 3.63) is 24.3 Å². The number of ether oxygens (including phenoxy) is 1. The van der Waals surface area contributed by atoms with Crippen molar-refractivity contribution in [3.63, 3.8) is 0 Å². The number of anilines is 1. The predicted molar refractivity (Wildman–Crippen MR) is 73.9 cm³/mol. The zero-order chi connectivity index (χ0) is 14.3. The Morgan fingerprint density at radius 3 is 2.47 bits per heavy atom. The molecule has 0 saturated heterocycles. The molecule has 6 nitrogen and oxygen atoms in total. The van der Waals surface area contributed by atoms with Crippen molar-refractivity contribution in [3.8, 4) is 5.75 Å². The Bertz CT molecular complexity index is 511. The second kappa shape index (κ2) is 7.10. The first-order chi connectivity index (χ1) is 8.96. The Morgan fingerprint density at radius 2 is 1.95 bits per heavy atom. The minimum absolute atomic E-state index is 0.0126. The molecule has 0 heterocycles. The van der Waals surface area contributed by atoms with Crippen LogP contribution >= 0.6 is 0 Å². The molecule has 1 rings (SSSR count). The minimum Gasteiger partial charge on any atom is -0.494 e. The van der Waals surface area contributed by atoms with E-state index in [9.17, 15) is 13.2 Å². The van der Waals surface area contributed by atoms with Gasteiger partial charge >= 0.3 is 0 Å². The molecule has 0 aliphatic heterocycles. The molecule has 1 aromatic rings. The highest BCUT2D eigenvalue weighted by atomic mass is 32.2. The fraction of sp³-hybridized carbons (Fsp3) is 0.417. The maximum atomic E-state index is 11.6. The van der Waals surface area contributed by atoms with E-state index in [0.717, 1.165) is 0 Å². The summed E-state index contributed by atoms with van der Waals surface area (Å²) in [5.41, 5.74) is 5.69. The molecular weight excluding hydrogens is 268 g/mol. The Kier molecular flexibility index (Phi) is 5.78. The number of sulfone groups is 1. The second-order valence-corrected chi connectivity index (χ2v) is 6.07. The van der Waals surface area contributed by atoms with E-state index in [2.05, 4.69) is 5.32 Å². The molecule has 0 saturated carbocycles. The van der Waals surface area contributed by atoms with Crippen molar-refractivity contribution in [2.24, 2.45) is 5.73 Å². The topological polar surface area (TPSA) is 98.5 Å². The number of nitrogens with two attached hydrogens (primary N) is 1. The summed E-state index contributed by atoms with van der Waals surface area (Å²) < 4.78 is 28.1. The van der Waals surface area contributed by atoms with Gasteiger partial charge in [-0.3, -0.25) is 4.79 Å². The number of nitrogens with one attached hydrogen (secondary N) is 1. The third-order valence-electron chi connectivity index (χ3n) is 2.23. The van der Waals surface area contributed by atoms with Crippen molar-refractivity contribution in [1.82, 2.24) is 0 Å². The van der Waals surface area contributed by atoms with Crippen LogP contribution in [0.25, 0.3) is 0 Å². The van der Waals surface area contributed by atoms with E-state index < -0.39 is 21.5 Å². The lowest BCUT2D eigenvalue weighted by Gasteiger charge is -2.07. The largest absolute Gasteiger partial charge is 0.494 e. The highest BCUT2D eigenvalue weighted by Crippen LogP contribution is 2.15. The van der Waals surface area contributed by atoms with Gasteiger partial charge in [0.25, 0.3) is 0 Å². The van der Waals surface area contributed by atoms with Crippen molar-refractivity contribution < 1.29 is 17.9 Å². The summed E-state index contributed by atoms with van der Waals surface area (Å²) in [5, 5.41) is 2.51. The standard InChI is InChI=1S/C12H18N2O4S/c1-2-18-11-5-3-10(4-6-11)14-12(15)9-19(16,17)8-7-13/h3-6H,2,7-9,13H2,1H3,(H,14,15). The Morgan fingerprint density at radius 1 is 1.32 bits per heavy atom. The lowest BCUT2D eigenvalue weighted by molar-refractivity contribution is -0.113. The second-order valence-electron chi connectivity index (χ2n) is 3.89. The van der Waals surface area contributed by atoms with Gasteiger partial charge in [-0.1, -0.05) is 0 Å². The van der Waals surface area contributed by atoms with E-state index in [0.29, 0.717) is 18.0 Å². The van der Waals surface area contributed by atoms with Crippen molar-refractivity contribution in [2.75, 3.05) is 30.0 Å². The van der Waals surface area contributed by atoms with Gasteiger partial charge in [0.05, 0.1) is 12.4 Å². The molecule has 0 radical (unpaired) electrons. The Labute approximate surface area is 112 Å². The normalized spacial score (nSPS) is 11.1. The zero-order valence-corrected chi connectivity index (χ0v) is 11.6. The molecule has 106 valence electrons. The molecule has 0 aliphatic carbocycles. The maximum absolute atomic E-state index is 11.6. The number of hydrogen-bond donors (Lipinski definition) is 2. The zero-order valence-electron chi connectivity index (χ0n) is 10.8. The van der Waals surface area contributed by atoms with E-state index in [1.807, 2.05) is 6.92 Å². The summed E-state index contributed by atoms with van der Waals surface area (Å²) in [6.07, 6.45) is 0. The maximum Gasteiger partial charge on any atom is 0.239 e. The number of carbonyl (C=O) groups excluding carboxylic acids is 1. The van der Waals surface area contributed by atoms with E-state index in [1.54, 1.807) is 24.3 Å². The van der Waals surface area contributed by atoms with Crippen LogP contribution < -0.4 is 15.8 Å². The lowest BCUT2D eigenvalue weighted by atomic mass is 10.3. The summed E-state index contributed by atoms with van der Waals surface area (Å²) in [7, 11) is -3.43. The van der Waals surface area contributed by atoms with Crippen LogP contribution in [-0.2, 0) is 14.6 Å². The van der Waals surface area contributed by atoms with Gasteiger partial charge in [0.15, 0.2) is 9.84 Å². The molecule has 7 heteroatoms. The SMILES string of the molecule is CCOc1ccc(NC(=O)CS(=O)(=O)CCN)cc1. The monoisotopic (exact) mass is 286 g/mol. The van der Waals surface area contributed by atoms with Crippen LogP contribution in [0.4, 0.5) is 5.69 Å². The molecule has 19 heavy (non-hydrogen) atoms. The number of hydrogen-bond acceptors (Lipinski definition) is 5. The molecule has 0 bridgehead atoms. The molecular formula is C12H18N2O4S. The highest BCUT2D eigenvalue weighted by Gasteiger charge is 2.15. The van der Waals surface area contributed by atoms with Gasteiger partial charge in [-0.25, -0.2) is 8.42 Å². The predicted octanol–water partition coefficient (Wildman–Crippen LogP) is 0.397. The number of benzene rings is 1. The summed E-state index contributed by atoms with van der Waals surface area (Å²) in [5.74, 6) is -0.630. The van der Waals surface area contributed by atoms with Crippen LogP contribution in [-0.4, -0.2) is 39.0 Å². The van der Waals surface area contributed by atoms with Crippen molar-refractivity contribution in [2.45, 2.75) is 6.92 Å². The van der Waals surface area contributed by atoms with Gasteiger partial charge in [-0.2, -0.15) is 0 Å². The van der Waals surface area contributed by atoms with E-state index in [1.165, 1.54) is 0 Å². The first kappa shape index (κ1) is 15.5. The average molecular weight is 286 g/mol. The van der Waals surface area contributed by atoms with Crippen LogP contribution in [0.15, 0.2) is 24.3 Å². The molecule has 0 aliphatic rings. The molecule has 0 fully saturated rings. The van der Waals surface area contributed by atoms with Crippen LogP contribution in [0.5, 0.6) is 5.75 Å². The molecule has 3 N–H and O–H groups in total. The molecule has 0 unspecified atom stereocenters. The molecule has 0 aromatic heterocycles. The van der Waals surface area contributed by atoms with Crippen molar-refractivity contribution in [1.29, 1.82) is 0 Å². The van der Waals surface area contributed by atoms with Gasteiger partial charge in [0, 0.05) is 12.2 Å². The lowest BCUT2D eigenvalue weighted by Crippen LogP contribution is -2.27. The number of rotatable bonds is 7. The first-order valence-corrected chi connectivity index (χ1v) is 7.72. The van der Waals surface area contributed by atoms with Crippen LogP contribution in [0.2, 0.25) is 0 Å². The highest BCUT2D eigenvalue weighted by molar-refractivity contribution is 7.92. The smallest absolute Gasteiger partial charge is 0.239 e.